The molecule has 1 heterocycles. The van der Waals surface area contributed by atoms with Gasteiger partial charge in [0.25, 0.3) is 0 Å². The number of carboxylic acid groups (broad SMARTS) is 1. The highest BCUT2D eigenvalue weighted by molar-refractivity contribution is 5.89. The summed E-state index contributed by atoms with van der Waals surface area (Å²) in [5, 5.41) is 18.8. The van der Waals surface area contributed by atoms with E-state index >= 15 is 0 Å². The van der Waals surface area contributed by atoms with E-state index in [4.69, 9.17) is 5.11 Å². The highest BCUT2D eigenvalue weighted by atomic mass is 16.4. The first-order chi connectivity index (χ1) is 8.15. The van der Waals surface area contributed by atoms with E-state index in [2.05, 4.69) is 0 Å². The number of aromatic carboxylic acids is 1. The van der Waals surface area contributed by atoms with E-state index in [0.717, 1.165) is 0 Å². The summed E-state index contributed by atoms with van der Waals surface area (Å²) in [6.07, 6.45) is 2.25. The monoisotopic (exact) mass is 231 g/mol. The average Bonchev–Trinajstić information content (AvgIpc) is 2.73. The Bertz CT molecular complexity index is 558. The van der Waals surface area contributed by atoms with Crippen molar-refractivity contribution in [3.05, 3.63) is 47.8 Å². The van der Waals surface area contributed by atoms with Crippen LogP contribution in [0.25, 0.3) is 5.69 Å². The quantitative estimate of drug-likeness (QED) is 0.852. The minimum atomic E-state index is -0.948. The van der Waals surface area contributed by atoms with Gasteiger partial charge in [0.15, 0.2) is 0 Å². The first-order valence-corrected chi connectivity index (χ1v) is 5.37. The fourth-order valence-electron chi connectivity index (χ4n) is 1.91. The van der Waals surface area contributed by atoms with Crippen LogP contribution in [0.2, 0.25) is 0 Å². The number of rotatable bonds is 3. The highest BCUT2D eigenvalue weighted by Gasteiger charge is 2.15. The van der Waals surface area contributed by atoms with Crippen molar-refractivity contribution in [3.63, 3.8) is 0 Å². The second-order valence-corrected chi connectivity index (χ2v) is 3.69. The van der Waals surface area contributed by atoms with Crippen LogP contribution < -0.4 is 0 Å². The number of nitrogens with zero attached hydrogens (tertiary/aromatic N) is 1. The molecule has 0 spiro atoms. The molecule has 0 radical (unpaired) electrons. The molecule has 0 atom stereocenters. The number of hydrogen-bond donors (Lipinski definition) is 2. The fraction of sp³-hybridized carbons (Fsp3) is 0.154. The summed E-state index contributed by atoms with van der Waals surface area (Å²) >= 11 is 0. The third kappa shape index (κ3) is 1.89. The molecule has 0 unspecified atom stereocenters. The van der Waals surface area contributed by atoms with E-state index in [1.807, 2.05) is 6.92 Å². The maximum atomic E-state index is 11.0. The van der Waals surface area contributed by atoms with Crippen LogP contribution in [0, 0.1) is 0 Å². The van der Waals surface area contributed by atoms with Crippen molar-refractivity contribution < 1.29 is 15.0 Å². The molecule has 0 fully saturated rings. The maximum Gasteiger partial charge on any atom is 0.337 e. The van der Waals surface area contributed by atoms with E-state index in [1.165, 1.54) is 0 Å². The standard InChI is InChI=1S/C13H13NO3/c1-2-10-9(13(16)17)7-8-14(10)11-5-3-4-6-12(11)15/h3-8,15H,2H2,1H3,(H,16,17). The molecule has 0 amide bonds. The summed E-state index contributed by atoms with van der Waals surface area (Å²) in [7, 11) is 0. The average molecular weight is 231 g/mol. The zero-order chi connectivity index (χ0) is 12.4. The second kappa shape index (κ2) is 4.33. The number of para-hydroxylation sites is 2. The fourth-order valence-corrected chi connectivity index (χ4v) is 1.91. The van der Waals surface area contributed by atoms with Crippen LogP contribution >= 0.6 is 0 Å². The molecule has 2 rings (SSSR count). The lowest BCUT2D eigenvalue weighted by molar-refractivity contribution is 0.0695. The van der Waals surface area contributed by atoms with Crippen molar-refractivity contribution in [2.24, 2.45) is 0 Å². The Morgan fingerprint density at radius 3 is 2.59 bits per heavy atom. The first-order valence-electron chi connectivity index (χ1n) is 5.37. The summed E-state index contributed by atoms with van der Waals surface area (Å²) < 4.78 is 1.71. The van der Waals surface area contributed by atoms with Gasteiger partial charge < -0.3 is 14.8 Å². The molecule has 88 valence electrons. The van der Waals surface area contributed by atoms with Gasteiger partial charge in [-0.3, -0.25) is 0 Å². The number of carbonyl (C=O) groups is 1. The molecule has 0 aliphatic carbocycles. The van der Waals surface area contributed by atoms with E-state index in [1.54, 1.807) is 41.1 Å². The number of hydrogen-bond acceptors (Lipinski definition) is 2. The van der Waals surface area contributed by atoms with Crippen molar-refractivity contribution in [3.8, 4) is 11.4 Å². The molecule has 0 bridgehead atoms. The highest BCUT2D eigenvalue weighted by Crippen LogP contribution is 2.25. The molecule has 0 aliphatic rings. The number of aromatic hydroxyl groups is 1. The SMILES string of the molecule is CCc1c(C(=O)O)ccn1-c1ccccc1O. The van der Waals surface area contributed by atoms with Crippen LogP contribution in [0.5, 0.6) is 5.75 Å². The van der Waals surface area contributed by atoms with Crippen molar-refractivity contribution in [2.75, 3.05) is 0 Å². The summed E-state index contributed by atoms with van der Waals surface area (Å²) in [4.78, 5) is 11.0. The number of phenols is 1. The predicted molar refractivity (Wildman–Crippen MR) is 63.8 cm³/mol. The van der Waals surface area contributed by atoms with Crippen LogP contribution in [0.1, 0.15) is 23.0 Å². The molecule has 17 heavy (non-hydrogen) atoms. The number of benzene rings is 1. The topological polar surface area (TPSA) is 62.5 Å². The summed E-state index contributed by atoms with van der Waals surface area (Å²) in [5.41, 5.74) is 1.55. The Kier molecular flexibility index (Phi) is 2.87. The summed E-state index contributed by atoms with van der Waals surface area (Å²) in [6.45, 7) is 1.89. The van der Waals surface area contributed by atoms with Crippen molar-refractivity contribution in [2.45, 2.75) is 13.3 Å². The Labute approximate surface area is 98.8 Å². The van der Waals surface area contributed by atoms with Crippen LogP contribution in [-0.4, -0.2) is 20.7 Å². The third-order valence-electron chi connectivity index (χ3n) is 2.70. The zero-order valence-electron chi connectivity index (χ0n) is 9.42. The van der Waals surface area contributed by atoms with Gasteiger partial charge in [0.1, 0.15) is 5.75 Å². The number of phenolic OH excluding ortho intramolecular Hbond substituents is 1. The summed E-state index contributed by atoms with van der Waals surface area (Å²) in [6, 6.07) is 8.41. The van der Waals surface area contributed by atoms with E-state index in [-0.39, 0.29) is 11.3 Å². The Balaban J connectivity index is 2.61. The van der Waals surface area contributed by atoms with Gasteiger partial charge in [-0.15, -0.1) is 0 Å². The van der Waals surface area contributed by atoms with E-state index < -0.39 is 5.97 Å². The Hall–Kier alpha value is -2.23. The number of aromatic nitrogens is 1. The molecule has 0 aliphatic heterocycles. The maximum absolute atomic E-state index is 11.0. The van der Waals surface area contributed by atoms with Gasteiger partial charge in [0, 0.05) is 11.9 Å². The lowest BCUT2D eigenvalue weighted by atomic mass is 10.2. The molecule has 4 heteroatoms. The van der Waals surface area contributed by atoms with Crippen LogP contribution in [0.15, 0.2) is 36.5 Å². The van der Waals surface area contributed by atoms with Crippen molar-refractivity contribution in [1.82, 2.24) is 4.57 Å². The van der Waals surface area contributed by atoms with Crippen LogP contribution in [0.4, 0.5) is 0 Å². The lowest BCUT2D eigenvalue weighted by Crippen LogP contribution is -2.04. The van der Waals surface area contributed by atoms with E-state index in [0.29, 0.717) is 17.8 Å². The normalized spacial score (nSPS) is 10.4. The molecule has 1 aromatic carbocycles. The van der Waals surface area contributed by atoms with E-state index in [9.17, 15) is 9.90 Å². The summed E-state index contributed by atoms with van der Waals surface area (Å²) in [5.74, 6) is -0.814. The molecular formula is C13H13NO3. The van der Waals surface area contributed by atoms with Gasteiger partial charge in [0.2, 0.25) is 0 Å². The number of carboxylic acids is 1. The smallest absolute Gasteiger partial charge is 0.337 e. The largest absolute Gasteiger partial charge is 0.506 e. The minimum absolute atomic E-state index is 0.134. The van der Waals surface area contributed by atoms with Gasteiger partial charge in [-0.1, -0.05) is 19.1 Å². The third-order valence-corrected chi connectivity index (χ3v) is 2.70. The van der Waals surface area contributed by atoms with Gasteiger partial charge in [-0.2, -0.15) is 0 Å². The second-order valence-electron chi connectivity index (χ2n) is 3.69. The zero-order valence-corrected chi connectivity index (χ0v) is 9.42. The predicted octanol–water partition coefficient (Wildman–Crippen LogP) is 2.44. The molecule has 2 N–H and O–H groups in total. The molecule has 1 aromatic heterocycles. The first kappa shape index (κ1) is 11.3. The molecule has 0 saturated heterocycles. The van der Waals surface area contributed by atoms with Crippen molar-refractivity contribution in [1.29, 1.82) is 0 Å². The van der Waals surface area contributed by atoms with Crippen LogP contribution in [0.3, 0.4) is 0 Å². The van der Waals surface area contributed by atoms with Gasteiger partial charge in [-0.05, 0) is 24.6 Å². The molecule has 0 saturated carbocycles. The molecular weight excluding hydrogens is 218 g/mol. The lowest BCUT2D eigenvalue weighted by Gasteiger charge is -2.10. The molecule has 2 aromatic rings. The van der Waals surface area contributed by atoms with Gasteiger partial charge in [-0.25, -0.2) is 4.79 Å². The molecule has 4 nitrogen and oxygen atoms in total. The van der Waals surface area contributed by atoms with Crippen LogP contribution in [-0.2, 0) is 6.42 Å². The van der Waals surface area contributed by atoms with Gasteiger partial charge in [0.05, 0.1) is 11.3 Å². The Morgan fingerprint density at radius 1 is 1.29 bits per heavy atom. The Morgan fingerprint density at radius 2 is 2.00 bits per heavy atom. The van der Waals surface area contributed by atoms with Gasteiger partial charge >= 0.3 is 5.97 Å². The minimum Gasteiger partial charge on any atom is -0.506 e. The van der Waals surface area contributed by atoms with Crippen molar-refractivity contribution >= 4 is 5.97 Å².